The van der Waals surface area contributed by atoms with E-state index >= 15 is 0 Å². The quantitative estimate of drug-likeness (QED) is 0.740. The molecule has 0 saturated carbocycles. The van der Waals surface area contributed by atoms with Crippen molar-refractivity contribution >= 4 is 48.2 Å². The lowest BCUT2D eigenvalue weighted by molar-refractivity contribution is 0.102. The number of anilines is 1. The third kappa shape index (κ3) is 3.80. The highest BCUT2D eigenvalue weighted by atomic mass is 79.9. The van der Waals surface area contributed by atoms with E-state index in [0.717, 1.165) is 40.4 Å². The molecule has 0 spiro atoms. The van der Waals surface area contributed by atoms with Crippen LogP contribution in [0.25, 0.3) is 0 Å². The van der Waals surface area contributed by atoms with E-state index in [1.54, 1.807) is 6.07 Å². The summed E-state index contributed by atoms with van der Waals surface area (Å²) in [6.45, 7) is 0. The summed E-state index contributed by atoms with van der Waals surface area (Å²) in [6, 6.07) is 6.63. The molecule has 0 saturated heterocycles. The van der Waals surface area contributed by atoms with Gasteiger partial charge in [-0.3, -0.25) is 4.79 Å². The van der Waals surface area contributed by atoms with Gasteiger partial charge in [-0.1, -0.05) is 0 Å². The van der Waals surface area contributed by atoms with Crippen molar-refractivity contribution in [2.24, 2.45) is 0 Å². The third-order valence-corrected chi connectivity index (χ3v) is 8.48. The molecule has 1 aromatic heterocycles. The summed E-state index contributed by atoms with van der Waals surface area (Å²) in [5.41, 5.74) is 1.78. The number of amides is 1. The number of aryl methyl sites for hydroxylation is 1. The zero-order valence-electron chi connectivity index (χ0n) is 14.9. The van der Waals surface area contributed by atoms with E-state index in [1.807, 2.05) is 0 Å². The fraction of sp³-hybridized carbons (Fsp3) is 0.333. The van der Waals surface area contributed by atoms with Crippen molar-refractivity contribution < 1.29 is 13.2 Å². The van der Waals surface area contributed by atoms with Crippen LogP contribution in [0.5, 0.6) is 0 Å². The van der Waals surface area contributed by atoms with Gasteiger partial charge in [-0.25, -0.2) is 12.7 Å². The normalized spacial score (nSPS) is 13.9. The maximum Gasteiger partial charge on any atom is 0.256 e. The van der Waals surface area contributed by atoms with E-state index in [9.17, 15) is 18.5 Å². The van der Waals surface area contributed by atoms with Gasteiger partial charge >= 0.3 is 0 Å². The molecular weight excluding hydrogens is 450 g/mol. The van der Waals surface area contributed by atoms with Gasteiger partial charge < -0.3 is 5.32 Å². The van der Waals surface area contributed by atoms with Crippen molar-refractivity contribution in [1.82, 2.24) is 4.31 Å². The van der Waals surface area contributed by atoms with Gasteiger partial charge in [0.15, 0.2) is 0 Å². The van der Waals surface area contributed by atoms with Crippen LogP contribution < -0.4 is 5.32 Å². The van der Waals surface area contributed by atoms with Gasteiger partial charge in [0.25, 0.3) is 5.91 Å². The number of hydrogen-bond acceptors (Lipinski definition) is 5. The summed E-state index contributed by atoms with van der Waals surface area (Å²) in [5, 5.41) is 12.8. The number of fused-ring (bicyclic) bond motifs is 1. The Bertz CT molecular complexity index is 1050. The van der Waals surface area contributed by atoms with E-state index < -0.39 is 15.9 Å². The lowest BCUT2D eigenvalue weighted by Gasteiger charge is -2.14. The summed E-state index contributed by atoms with van der Waals surface area (Å²) in [5.74, 6) is -0.437. The summed E-state index contributed by atoms with van der Waals surface area (Å²) in [6.07, 6.45) is 3.91. The minimum Gasteiger partial charge on any atom is -0.312 e. The number of nitriles is 1. The average Bonchev–Trinajstić information content (AvgIpc) is 2.98. The molecule has 1 heterocycles. The molecule has 9 heteroatoms. The monoisotopic (exact) mass is 467 g/mol. The van der Waals surface area contributed by atoms with Crippen LogP contribution >= 0.6 is 27.3 Å². The number of halogens is 1. The minimum atomic E-state index is -3.69. The van der Waals surface area contributed by atoms with Crippen LogP contribution in [0.4, 0.5) is 5.00 Å². The average molecular weight is 468 g/mol. The van der Waals surface area contributed by atoms with Crippen LogP contribution in [0.1, 0.15) is 39.2 Å². The standard InChI is InChI=1S/C18H18BrN3O3S2/c1-22(2)27(24,25)16-9-11(7-8-14(16)19)17(23)21-18-13(10-20)12-5-3-4-6-15(12)26-18/h7-9H,3-6H2,1-2H3,(H,21,23). The van der Waals surface area contributed by atoms with E-state index in [0.29, 0.717) is 15.0 Å². The van der Waals surface area contributed by atoms with Crippen LogP contribution in [0.3, 0.4) is 0 Å². The molecule has 6 nitrogen and oxygen atoms in total. The first-order valence-corrected chi connectivity index (χ1v) is 11.4. The molecule has 1 aromatic carbocycles. The molecular formula is C18H18BrN3O3S2. The SMILES string of the molecule is CN(C)S(=O)(=O)c1cc(C(=O)Nc2sc3c(c2C#N)CCCC3)ccc1Br. The van der Waals surface area contributed by atoms with Crippen LogP contribution in [0.2, 0.25) is 0 Å². The highest BCUT2D eigenvalue weighted by Gasteiger charge is 2.24. The van der Waals surface area contributed by atoms with Gasteiger partial charge in [-0.05, 0) is 65.4 Å². The summed E-state index contributed by atoms with van der Waals surface area (Å²) < 4.78 is 26.4. The first kappa shape index (κ1) is 20.0. The number of thiophene rings is 1. The predicted molar refractivity (Wildman–Crippen MR) is 109 cm³/mol. The second kappa shape index (κ2) is 7.72. The van der Waals surface area contributed by atoms with Gasteiger partial charge in [-0.2, -0.15) is 5.26 Å². The highest BCUT2D eigenvalue weighted by Crippen LogP contribution is 2.38. The molecule has 0 fully saturated rings. The van der Waals surface area contributed by atoms with Crippen LogP contribution in [0, 0.1) is 11.3 Å². The Kier molecular flexibility index (Phi) is 5.72. The van der Waals surface area contributed by atoms with Crippen molar-refractivity contribution in [3.05, 3.63) is 44.2 Å². The number of nitrogens with zero attached hydrogens (tertiary/aromatic N) is 2. The molecule has 1 amide bonds. The number of benzene rings is 1. The molecule has 3 rings (SSSR count). The van der Waals surface area contributed by atoms with E-state index in [4.69, 9.17) is 0 Å². The Morgan fingerprint density at radius 1 is 1.30 bits per heavy atom. The molecule has 27 heavy (non-hydrogen) atoms. The van der Waals surface area contributed by atoms with Gasteiger partial charge in [0.2, 0.25) is 10.0 Å². The second-order valence-electron chi connectivity index (χ2n) is 6.41. The fourth-order valence-electron chi connectivity index (χ4n) is 2.99. The third-order valence-electron chi connectivity index (χ3n) is 4.46. The number of nitrogens with one attached hydrogen (secondary N) is 1. The number of rotatable bonds is 4. The topological polar surface area (TPSA) is 90.3 Å². The molecule has 0 unspecified atom stereocenters. The number of carbonyl (C=O) groups is 1. The lowest BCUT2D eigenvalue weighted by Crippen LogP contribution is -2.23. The maximum absolute atomic E-state index is 12.7. The van der Waals surface area contributed by atoms with Gasteiger partial charge in [-0.15, -0.1) is 11.3 Å². The summed E-state index contributed by atoms with van der Waals surface area (Å²) in [4.78, 5) is 13.9. The van der Waals surface area contributed by atoms with Crippen molar-refractivity contribution in [2.45, 2.75) is 30.6 Å². The number of hydrogen-bond donors (Lipinski definition) is 1. The largest absolute Gasteiger partial charge is 0.312 e. The lowest BCUT2D eigenvalue weighted by atomic mass is 9.96. The molecule has 2 aromatic rings. The highest BCUT2D eigenvalue weighted by molar-refractivity contribution is 9.10. The Hall–Kier alpha value is -1.73. The molecule has 0 radical (unpaired) electrons. The Morgan fingerprint density at radius 3 is 2.67 bits per heavy atom. The van der Waals surface area contributed by atoms with Crippen LogP contribution in [-0.4, -0.2) is 32.7 Å². The van der Waals surface area contributed by atoms with Gasteiger partial charge in [0.1, 0.15) is 11.1 Å². The Morgan fingerprint density at radius 2 is 2.00 bits per heavy atom. The smallest absolute Gasteiger partial charge is 0.256 e. The first-order chi connectivity index (χ1) is 12.8. The van der Waals surface area contributed by atoms with Crippen molar-refractivity contribution in [3.8, 4) is 6.07 Å². The molecule has 0 atom stereocenters. The zero-order valence-corrected chi connectivity index (χ0v) is 18.1. The van der Waals surface area contributed by atoms with E-state index in [1.165, 1.54) is 37.6 Å². The first-order valence-electron chi connectivity index (χ1n) is 8.33. The molecule has 0 aliphatic heterocycles. The van der Waals surface area contributed by atoms with Crippen LogP contribution in [0.15, 0.2) is 27.6 Å². The minimum absolute atomic E-state index is 0.0196. The fourth-order valence-corrected chi connectivity index (χ4v) is 6.07. The zero-order chi connectivity index (χ0) is 19.8. The molecule has 1 aliphatic carbocycles. The molecule has 142 valence electrons. The van der Waals surface area contributed by atoms with Gasteiger partial charge in [0.05, 0.1) is 10.5 Å². The predicted octanol–water partition coefficient (Wildman–Crippen LogP) is 3.76. The van der Waals surface area contributed by atoms with Crippen LogP contribution in [-0.2, 0) is 22.9 Å². The van der Waals surface area contributed by atoms with E-state index in [2.05, 4.69) is 27.3 Å². The molecule has 1 N–H and O–H groups in total. The second-order valence-corrected chi connectivity index (χ2v) is 10.5. The Labute approximate surface area is 171 Å². The van der Waals surface area contributed by atoms with Crippen molar-refractivity contribution in [1.29, 1.82) is 5.26 Å². The van der Waals surface area contributed by atoms with Gasteiger partial charge in [0, 0.05) is 29.0 Å². The number of carbonyl (C=O) groups excluding carboxylic acids is 1. The van der Waals surface area contributed by atoms with Crippen molar-refractivity contribution in [2.75, 3.05) is 19.4 Å². The summed E-state index contributed by atoms with van der Waals surface area (Å²) >= 11 is 4.67. The Balaban J connectivity index is 1.95. The maximum atomic E-state index is 12.7. The molecule has 1 aliphatic rings. The molecule has 0 bridgehead atoms. The summed E-state index contributed by atoms with van der Waals surface area (Å²) in [7, 11) is -0.826. The number of sulfonamides is 1. The van der Waals surface area contributed by atoms with E-state index in [-0.39, 0.29) is 10.5 Å². The van der Waals surface area contributed by atoms with Crippen molar-refractivity contribution in [3.63, 3.8) is 0 Å².